The first-order chi connectivity index (χ1) is 27.4. The second-order valence-electron chi connectivity index (χ2n) is 18.5. The van der Waals surface area contributed by atoms with E-state index in [0.717, 1.165) is 59.9 Å². The van der Waals surface area contributed by atoms with Crippen LogP contribution in [0, 0.1) is 33.5 Å². The number of fused-ring (bicyclic) bond motifs is 1. The molecule has 9 atom stereocenters. The quantitative estimate of drug-likeness (QED) is 0.117. The Balaban J connectivity index is 1.12. The predicted octanol–water partition coefficient (Wildman–Crippen LogP) is 10.1. The topological polar surface area (TPSA) is 89.9 Å². The molecule has 4 aromatic rings. The summed E-state index contributed by atoms with van der Waals surface area (Å²) in [6.45, 7) is 7.22. The second-order valence-corrected chi connectivity index (χ2v) is 18.5. The molecule has 0 saturated heterocycles. The van der Waals surface area contributed by atoms with Crippen molar-refractivity contribution >= 4 is 11.8 Å². The summed E-state index contributed by atoms with van der Waals surface area (Å²) in [6.07, 6.45) is 11.8. The highest BCUT2D eigenvalue weighted by atomic mass is 16.3. The molecular formula is C51H56N2O4. The number of amides is 2. The summed E-state index contributed by atoms with van der Waals surface area (Å²) in [6, 6.07) is 37.7. The molecule has 6 aliphatic carbocycles. The lowest BCUT2D eigenvalue weighted by Gasteiger charge is -2.71. The van der Waals surface area contributed by atoms with Crippen molar-refractivity contribution < 1.29 is 19.8 Å². The van der Waals surface area contributed by atoms with Crippen LogP contribution >= 0.6 is 0 Å². The first kappa shape index (κ1) is 37.8. The number of rotatable bonds is 9. The van der Waals surface area contributed by atoms with E-state index in [-0.39, 0.29) is 41.7 Å². The molecule has 2 spiro atoms. The van der Waals surface area contributed by atoms with Gasteiger partial charge in [-0.05, 0) is 91.4 Å². The van der Waals surface area contributed by atoms with Crippen LogP contribution in [0.5, 0.6) is 0 Å². The molecule has 0 aliphatic heterocycles. The Morgan fingerprint density at radius 3 is 2.12 bits per heavy atom. The van der Waals surface area contributed by atoms with Crippen LogP contribution in [0.2, 0.25) is 0 Å². The average Bonchev–Trinajstić information content (AvgIpc) is 3.50. The minimum Gasteiger partial charge on any atom is -0.393 e. The number of hydrogen-bond donors (Lipinski definition) is 3. The molecule has 4 aromatic carbocycles. The van der Waals surface area contributed by atoms with Gasteiger partial charge in [0.25, 0.3) is 0 Å². The third-order valence-electron chi connectivity index (χ3n) is 15.8. The van der Waals surface area contributed by atoms with Crippen LogP contribution in [0.1, 0.15) is 93.2 Å². The van der Waals surface area contributed by atoms with Crippen molar-refractivity contribution in [3.05, 3.63) is 156 Å². The molecule has 0 heterocycles. The molecule has 0 radical (unpaired) electrons. The minimum absolute atomic E-state index is 0.0315. The van der Waals surface area contributed by atoms with E-state index in [0.29, 0.717) is 24.9 Å². The lowest BCUT2D eigenvalue weighted by Crippen LogP contribution is -2.67. The maximum Gasteiger partial charge on any atom is 0.318 e. The van der Waals surface area contributed by atoms with Crippen LogP contribution in [-0.2, 0) is 6.54 Å². The molecule has 6 aliphatic rings. The number of allylic oxidation sites excluding steroid dienone is 4. The van der Waals surface area contributed by atoms with Crippen LogP contribution in [-0.4, -0.2) is 45.2 Å². The number of nitrogens with zero attached hydrogens (tertiary/aromatic N) is 1. The van der Waals surface area contributed by atoms with Crippen LogP contribution in [0.15, 0.2) is 139 Å². The summed E-state index contributed by atoms with van der Waals surface area (Å²) < 4.78 is 0. The van der Waals surface area contributed by atoms with Gasteiger partial charge in [0.05, 0.1) is 24.3 Å². The molecule has 6 heteroatoms. The number of Topliss-reactive ketones (excluding diaryl/α,β-unsaturated/α-hetero) is 1. The van der Waals surface area contributed by atoms with Gasteiger partial charge in [-0.25, -0.2) is 4.79 Å². The Morgan fingerprint density at radius 2 is 1.39 bits per heavy atom. The van der Waals surface area contributed by atoms with Gasteiger partial charge in [0.1, 0.15) is 0 Å². The highest BCUT2D eigenvalue weighted by Crippen LogP contribution is 2.78. The molecule has 10 rings (SSSR count). The number of carbonyl (C=O) groups is 2. The molecule has 6 nitrogen and oxygen atoms in total. The third kappa shape index (κ3) is 5.80. The molecule has 294 valence electrons. The number of aliphatic hydroxyl groups is 2. The SMILES string of the molecule is CC(NC(=O)N(Cc1ccccc1)CC1(O)CCC2C34C=CC5(C=C3C(=O)c3ccccc3-c3ccccc3)CC(O)CCC5(C)C4CCC21C)c1ccccc1. The number of hydrogen-bond acceptors (Lipinski definition) is 4. The lowest BCUT2D eigenvalue weighted by molar-refractivity contribution is -0.174. The van der Waals surface area contributed by atoms with Gasteiger partial charge < -0.3 is 20.4 Å². The fourth-order valence-electron chi connectivity index (χ4n) is 12.7. The molecule has 57 heavy (non-hydrogen) atoms. The van der Waals surface area contributed by atoms with E-state index in [1.807, 2.05) is 115 Å². The standard InChI is InChI=1S/C51H56N2O4/c1-35(37-17-9-5-10-18-37)52-46(56)53(33-36-15-7-4-8-16-36)34-50(57)28-25-44-48(50,3)27-24-43-47(2)26-23-39(54)31-49(47)29-30-51(43,44)42(32-49)45(55)41-22-14-13-21-40(41)38-19-11-6-12-20-38/h4-22,29-30,32,35,39,43-44,54,57H,23-28,31,33-34H2,1-3H3,(H,52,56). The molecule has 3 saturated carbocycles. The number of nitrogens with one attached hydrogen (secondary N) is 1. The normalized spacial score (nSPS) is 34.0. The zero-order valence-corrected chi connectivity index (χ0v) is 33.5. The fraction of sp³-hybridized carbons (Fsp3) is 0.412. The molecule has 2 bridgehead atoms. The van der Waals surface area contributed by atoms with Crippen LogP contribution in [0.3, 0.4) is 0 Å². The number of benzene rings is 4. The van der Waals surface area contributed by atoms with Gasteiger partial charge in [0.15, 0.2) is 5.78 Å². The maximum absolute atomic E-state index is 15.5. The first-order valence-corrected chi connectivity index (χ1v) is 21.1. The molecule has 2 amide bonds. The molecule has 3 N–H and O–H groups in total. The van der Waals surface area contributed by atoms with E-state index in [2.05, 4.69) is 49.5 Å². The number of urea groups is 1. The maximum atomic E-state index is 15.5. The van der Waals surface area contributed by atoms with Crippen molar-refractivity contribution in [2.75, 3.05) is 6.54 Å². The number of aliphatic hydroxyl groups excluding tert-OH is 1. The van der Waals surface area contributed by atoms with Crippen molar-refractivity contribution in [3.63, 3.8) is 0 Å². The van der Waals surface area contributed by atoms with Crippen molar-refractivity contribution in [2.45, 2.75) is 90.0 Å². The van der Waals surface area contributed by atoms with Crippen LogP contribution < -0.4 is 5.32 Å². The predicted molar refractivity (Wildman–Crippen MR) is 225 cm³/mol. The van der Waals surface area contributed by atoms with E-state index in [9.17, 15) is 15.0 Å². The molecular weight excluding hydrogens is 705 g/mol. The zero-order chi connectivity index (χ0) is 39.6. The first-order valence-electron chi connectivity index (χ1n) is 21.1. The number of carbonyl (C=O) groups excluding carboxylic acids is 2. The largest absolute Gasteiger partial charge is 0.393 e. The molecule has 9 unspecified atom stereocenters. The van der Waals surface area contributed by atoms with Crippen molar-refractivity contribution in [2.24, 2.45) is 33.5 Å². The summed E-state index contributed by atoms with van der Waals surface area (Å²) >= 11 is 0. The third-order valence-corrected chi connectivity index (χ3v) is 15.8. The van der Waals surface area contributed by atoms with Crippen molar-refractivity contribution in [3.8, 4) is 11.1 Å². The Kier molecular flexibility index (Phi) is 9.25. The highest BCUT2D eigenvalue weighted by molar-refractivity contribution is 6.14. The Bertz CT molecular complexity index is 2220. The van der Waals surface area contributed by atoms with Gasteiger partial charge in [0, 0.05) is 33.9 Å². The molecule has 3 fully saturated rings. The second kappa shape index (κ2) is 14.0. The lowest BCUT2D eigenvalue weighted by atomic mass is 9.32. The number of ketones is 1. The van der Waals surface area contributed by atoms with Crippen LogP contribution in [0.4, 0.5) is 4.79 Å². The van der Waals surface area contributed by atoms with Crippen molar-refractivity contribution in [1.29, 1.82) is 0 Å². The van der Waals surface area contributed by atoms with E-state index in [1.54, 1.807) is 0 Å². The summed E-state index contributed by atoms with van der Waals surface area (Å²) in [5, 5.41) is 27.7. The van der Waals surface area contributed by atoms with Gasteiger partial charge in [-0.1, -0.05) is 147 Å². The van der Waals surface area contributed by atoms with Crippen molar-refractivity contribution in [1.82, 2.24) is 10.2 Å². The summed E-state index contributed by atoms with van der Waals surface area (Å²) in [5.74, 6) is 0.187. The van der Waals surface area contributed by atoms with E-state index >= 15 is 4.79 Å². The van der Waals surface area contributed by atoms with E-state index in [4.69, 9.17) is 0 Å². The zero-order valence-electron chi connectivity index (χ0n) is 33.5. The van der Waals surface area contributed by atoms with Gasteiger partial charge in [-0.3, -0.25) is 4.79 Å². The van der Waals surface area contributed by atoms with E-state index in [1.165, 1.54) is 0 Å². The Morgan fingerprint density at radius 1 is 0.772 bits per heavy atom. The Labute approximate surface area is 337 Å². The van der Waals surface area contributed by atoms with Gasteiger partial charge >= 0.3 is 6.03 Å². The van der Waals surface area contributed by atoms with Gasteiger partial charge in [0.2, 0.25) is 0 Å². The minimum atomic E-state index is -1.20. The Hall–Kier alpha value is -4.78. The summed E-state index contributed by atoms with van der Waals surface area (Å²) in [7, 11) is 0. The van der Waals surface area contributed by atoms with Crippen LogP contribution in [0.25, 0.3) is 11.1 Å². The smallest absolute Gasteiger partial charge is 0.318 e. The monoisotopic (exact) mass is 760 g/mol. The fourth-order valence-corrected chi connectivity index (χ4v) is 12.7. The molecule has 0 aromatic heterocycles. The van der Waals surface area contributed by atoms with Gasteiger partial charge in [-0.2, -0.15) is 0 Å². The summed E-state index contributed by atoms with van der Waals surface area (Å²) in [5.41, 5.74) is 2.52. The van der Waals surface area contributed by atoms with Gasteiger partial charge in [-0.15, -0.1) is 0 Å². The van der Waals surface area contributed by atoms with E-state index < -0.39 is 27.9 Å². The summed E-state index contributed by atoms with van der Waals surface area (Å²) in [4.78, 5) is 31.7. The average molecular weight is 761 g/mol. The highest BCUT2D eigenvalue weighted by Gasteiger charge is 2.74.